The van der Waals surface area contributed by atoms with Crippen molar-refractivity contribution < 1.29 is 13.9 Å². The van der Waals surface area contributed by atoms with Crippen molar-refractivity contribution in [2.75, 3.05) is 11.9 Å². The van der Waals surface area contributed by atoms with Gasteiger partial charge in [0, 0.05) is 17.5 Å². The van der Waals surface area contributed by atoms with E-state index in [1.807, 2.05) is 12.1 Å². The van der Waals surface area contributed by atoms with Crippen molar-refractivity contribution in [3.05, 3.63) is 76.0 Å². The van der Waals surface area contributed by atoms with Gasteiger partial charge in [0.15, 0.2) is 11.7 Å². The second-order valence-corrected chi connectivity index (χ2v) is 6.98. The zero-order chi connectivity index (χ0) is 19.2. The molecule has 0 saturated heterocycles. The molecule has 0 spiro atoms. The topological polar surface area (TPSA) is 75.0 Å². The zero-order valence-corrected chi connectivity index (χ0v) is 15.3. The molecule has 0 fully saturated rings. The lowest BCUT2D eigenvalue weighted by molar-refractivity contribution is -0.118. The highest BCUT2D eigenvalue weighted by Crippen LogP contribution is 2.22. The van der Waals surface area contributed by atoms with Gasteiger partial charge in [-0.1, -0.05) is 12.1 Å². The molecule has 0 unspecified atom stereocenters. The molecular weight excluding hydrogens is 365 g/mol. The third-order valence-electron chi connectivity index (χ3n) is 3.77. The van der Waals surface area contributed by atoms with Gasteiger partial charge in [-0.25, -0.2) is 9.37 Å². The average molecular weight is 381 g/mol. The van der Waals surface area contributed by atoms with Gasteiger partial charge in [-0.2, -0.15) is 5.26 Å². The first kappa shape index (κ1) is 18.5. The number of amides is 1. The summed E-state index contributed by atoms with van der Waals surface area (Å²) in [4.78, 5) is 17.1. The quantitative estimate of drug-likeness (QED) is 0.698. The van der Waals surface area contributed by atoms with Crippen molar-refractivity contribution >= 4 is 22.4 Å². The van der Waals surface area contributed by atoms with Crippen LogP contribution in [0.5, 0.6) is 5.75 Å². The number of anilines is 1. The second-order valence-electron chi connectivity index (χ2n) is 5.87. The Hall–Kier alpha value is -3.24. The summed E-state index contributed by atoms with van der Waals surface area (Å²) < 4.78 is 19.0. The number of benzene rings is 2. The summed E-state index contributed by atoms with van der Waals surface area (Å²) in [7, 11) is 0. The highest BCUT2D eigenvalue weighted by atomic mass is 32.1. The molecule has 2 aromatic carbocycles. The largest absolute Gasteiger partial charge is 0.484 e. The van der Waals surface area contributed by atoms with E-state index in [2.05, 4.69) is 10.3 Å². The van der Waals surface area contributed by atoms with E-state index in [4.69, 9.17) is 10.00 Å². The zero-order valence-electron chi connectivity index (χ0n) is 14.5. The van der Waals surface area contributed by atoms with Crippen LogP contribution in [0, 0.1) is 24.1 Å². The fraction of sp³-hybridized carbons (Fsp3) is 0.150. The van der Waals surface area contributed by atoms with Gasteiger partial charge in [-0.05, 0) is 48.4 Å². The molecule has 0 atom stereocenters. The smallest absolute Gasteiger partial charge is 0.264 e. The molecule has 136 valence electrons. The number of carbonyl (C=O) groups is 1. The SMILES string of the molecule is Cc1ccc(Cc2cnc(NC(=O)COc3ccc(C#N)cc3)s2)cc1F. The molecule has 3 aromatic rings. The van der Waals surface area contributed by atoms with Crippen LogP contribution < -0.4 is 10.1 Å². The lowest BCUT2D eigenvalue weighted by Crippen LogP contribution is -2.19. The predicted octanol–water partition coefficient (Wildman–Crippen LogP) is 4.07. The minimum absolute atomic E-state index is 0.163. The van der Waals surface area contributed by atoms with Crippen LogP contribution in [0.2, 0.25) is 0 Å². The number of nitriles is 1. The maximum Gasteiger partial charge on any atom is 0.264 e. The molecule has 0 aliphatic heterocycles. The number of hydrogen-bond donors (Lipinski definition) is 1. The highest BCUT2D eigenvalue weighted by molar-refractivity contribution is 7.15. The molecule has 7 heteroatoms. The number of carbonyl (C=O) groups excluding carboxylic acids is 1. The third-order valence-corrected chi connectivity index (χ3v) is 4.68. The van der Waals surface area contributed by atoms with Crippen molar-refractivity contribution in [1.29, 1.82) is 5.26 Å². The Morgan fingerprint density at radius 1 is 1.30 bits per heavy atom. The Bertz CT molecular complexity index is 993. The van der Waals surface area contributed by atoms with Crippen molar-refractivity contribution in [3.63, 3.8) is 0 Å². The van der Waals surface area contributed by atoms with Crippen molar-refractivity contribution in [2.45, 2.75) is 13.3 Å². The summed E-state index contributed by atoms with van der Waals surface area (Å²) in [5, 5.41) is 11.9. The first-order valence-corrected chi connectivity index (χ1v) is 8.97. The Balaban J connectivity index is 1.52. The summed E-state index contributed by atoms with van der Waals surface area (Å²) in [6.45, 7) is 1.56. The number of nitrogens with zero attached hydrogens (tertiary/aromatic N) is 2. The summed E-state index contributed by atoms with van der Waals surface area (Å²) in [5.74, 6) is -0.0579. The van der Waals surface area contributed by atoms with Crippen molar-refractivity contribution in [2.24, 2.45) is 0 Å². The molecule has 1 heterocycles. The van der Waals surface area contributed by atoms with Crippen LogP contribution >= 0.6 is 11.3 Å². The molecule has 0 radical (unpaired) electrons. The van der Waals surface area contributed by atoms with E-state index in [0.717, 1.165) is 10.4 Å². The van der Waals surface area contributed by atoms with E-state index in [1.54, 1.807) is 43.5 Å². The molecule has 0 aliphatic rings. The lowest BCUT2D eigenvalue weighted by atomic mass is 10.1. The van der Waals surface area contributed by atoms with Gasteiger partial charge in [0.2, 0.25) is 0 Å². The predicted molar refractivity (Wildman–Crippen MR) is 101 cm³/mol. The minimum atomic E-state index is -0.332. The highest BCUT2D eigenvalue weighted by Gasteiger charge is 2.09. The molecule has 1 aromatic heterocycles. The van der Waals surface area contributed by atoms with Crippen molar-refractivity contribution in [1.82, 2.24) is 4.98 Å². The number of halogens is 1. The monoisotopic (exact) mass is 381 g/mol. The maximum atomic E-state index is 13.6. The van der Waals surface area contributed by atoms with Crippen LogP contribution in [-0.4, -0.2) is 17.5 Å². The van der Waals surface area contributed by atoms with E-state index in [-0.39, 0.29) is 18.3 Å². The van der Waals surface area contributed by atoms with Gasteiger partial charge in [0.1, 0.15) is 11.6 Å². The second kappa shape index (κ2) is 8.43. The van der Waals surface area contributed by atoms with Gasteiger partial charge >= 0.3 is 0 Å². The molecule has 0 saturated carbocycles. The van der Waals surface area contributed by atoms with E-state index in [0.29, 0.717) is 28.4 Å². The number of rotatable bonds is 6. The van der Waals surface area contributed by atoms with Gasteiger partial charge < -0.3 is 4.74 Å². The number of aryl methyl sites for hydroxylation is 1. The maximum absolute atomic E-state index is 13.6. The van der Waals surface area contributed by atoms with Gasteiger partial charge in [-0.3, -0.25) is 10.1 Å². The summed E-state index contributed by atoms with van der Waals surface area (Å²) in [6.07, 6.45) is 2.21. The Labute approximate surface area is 160 Å². The molecule has 5 nitrogen and oxygen atoms in total. The minimum Gasteiger partial charge on any atom is -0.484 e. The van der Waals surface area contributed by atoms with Crippen LogP contribution in [-0.2, 0) is 11.2 Å². The number of hydrogen-bond acceptors (Lipinski definition) is 5. The molecule has 27 heavy (non-hydrogen) atoms. The molecule has 0 aliphatic carbocycles. The number of aromatic nitrogens is 1. The van der Waals surface area contributed by atoms with Gasteiger partial charge in [0.25, 0.3) is 5.91 Å². The van der Waals surface area contributed by atoms with Crippen LogP contribution in [0.4, 0.5) is 9.52 Å². The Morgan fingerprint density at radius 3 is 2.78 bits per heavy atom. The summed E-state index contributed by atoms with van der Waals surface area (Å²) >= 11 is 1.34. The Morgan fingerprint density at radius 2 is 2.07 bits per heavy atom. The molecular formula is C20H16FN3O2S. The number of nitrogens with one attached hydrogen (secondary N) is 1. The third kappa shape index (κ3) is 5.12. The molecule has 3 rings (SSSR count). The average Bonchev–Trinajstić information content (AvgIpc) is 3.10. The first-order valence-electron chi connectivity index (χ1n) is 8.16. The van der Waals surface area contributed by atoms with Crippen LogP contribution in [0.3, 0.4) is 0 Å². The van der Waals surface area contributed by atoms with Gasteiger partial charge in [-0.15, -0.1) is 11.3 Å². The fourth-order valence-electron chi connectivity index (χ4n) is 2.32. The van der Waals surface area contributed by atoms with E-state index < -0.39 is 0 Å². The normalized spacial score (nSPS) is 10.3. The molecule has 0 bridgehead atoms. The van der Waals surface area contributed by atoms with E-state index in [1.165, 1.54) is 17.4 Å². The first-order chi connectivity index (χ1) is 13.0. The van der Waals surface area contributed by atoms with Gasteiger partial charge in [0.05, 0.1) is 11.6 Å². The van der Waals surface area contributed by atoms with E-state index >= 15 is 0 Å². The van der Waals surface area contributed by atoms with Crippen LogP contribution in [0.25, 0.3) is 0 Å². The Kier molecular flexibility index (Phi) is 5.79. The van der Waals surface area contributed by atoms with Crippen LogP contribution in [0.1, 0.15) is 21.6 Å². The molecule has 1 N–H and O–H groups in total. The lowest BCUT2D eigenvalue weighted by Gasteiger charge is -2.05. The van der Waals surface area contributed by atoms with E-state index in [9.17, 15) is 9.18 Å². The van der Waals surface area contributed by atoms with Crippen molar-refractivity contribution in [3.8, 4) is 11.8 Å². The van der Waals surface area contributed by atoms with Crippen LogP contribution in [0.15, 0.2) is 48.7 Å². The summed E-state index contributed by atoms with van der Waals surface area (Å²) in [5.41, 5.74) is 1.98. The molecule has 1 amide bonds. The summed E-state index contributed by atoms with van der Waals surface area (Å²) in [6, 6.07) is 13.7. The standard InChI is InChI=1S/C20H16FN3O2S/c1-13-2-3-15(9-18(13)21)8-17-11-23-20(27-17)24-19(25)12-26-16-6-4-14(10-22)5-7-16/h2-7,9,11H,8,12H2,1H3,(H,23,24,25). The number of thiazole rings is 1. The number of ether oxygens (including phenoxy) is 1. The fourth-order valence-corrected chi connectivity index (χ4v) is 3.19.